The van der Waals surface area contributed by atoms with Crippen molar-refractivity contribution in [2.75, 3.05) is 0 Å². The van der Waals surface area contributed by atoms with Crippen LogP contribution in [-0.4, -0.2) is 15.9 Å². The molecule has 0 fully saturated rings. The van der Waals surface area contributed by atoms with Gasteiger partial charge in [-0.2, -0.15) is 0 Å². The minimum Gasteiger partial charge on any atom is -0.366 e. The van der Waals surface area contributed by atoms with Crippen LogP contribution >= 0.6 is 0 Å². The van der Waals surface area contributed by atoms with Crippen LogP contribution in [0.2, 0.25) is 0 Å². The number of hydrogen-bond donors (Lipinski definition) is 2. The number of rotatable bonds is 4. The molecule has 0 aliphatic heterocycles. The number of aryl methyl sites for hydroxylation is 2. The van der Waals surface area contributed by atoms with Gasteiger partial charge in [0.1, 0.15) is 0 Å². The highest BCUT2D eigenvalue weighted by molar-refractivity contribution is 5.94. The highest BCUT2D eigenvalue weighted by Crippen LogP contribution is 2.10. The molecule has 1 aromatic carbocycles. The molecule has 0 aliphatic rings. The maximum atomic E-state index is 11.2. The molecule has 0 atom stereocenters. The summed E-state index contributed by atoms with van der Waals surface area (Å²) in [4.78, 5) is 18.2. The summed E-state index contributed by atoms with van der Waals surface area (Å²) in [6.07, 6.45) is 5.04. The Morgan fingerprint density at radius 3 is 2.81 bits per heavy atom. The first-order valence-electron chi connectivity index (χ1n) is 5.12. The van der Waals surface area contributed by atoms with Gasteiger partial charge < -0.3 is 10.7 Å². The summed E-state index contributed by atoms with van der Waals surface area (Å²) < 4.78 is 0. The highest BCUT2D eigenvalue weighted by Gasteiger charge is 2.06. The zero-order valence-corrected chi connectivity index (χ0v) is 8.81. The fourth-order valence-electron chi connectivity index (χ4n) is 1.67. The molecular weight excluding hydrogens is 202 g/mol. The van der Waals surface area contributed by atoms with Crippen molar-refractivity contribution in [3.05, 3.63) is 53.6 Å². The van der Waals surface area contributed by atoms with Crippen molar-refractivity contribution in [1.82, 2.24) is 9.97 Å². The third kappa shape index (κ3) is 2.28. The van der Waals surface area contributed by atoms with E-state index in [2.05, 4.69) is 9.97 Å². The first-order chi connectivity index (χ1) is 7.77. The second kappa shape index (κ2) is 4.61. The normalized spacial score (nSPS) is 10.2. The topological polar surface area (TPSA) is 71.8 Å². The van der Waals surface area contributed by atoms with Gasteiger partial charge in [0, 0.05) is 17.5 Å². The van der Waals surface area contributed by atoms with E-state index in [1.807, 2.05) is 18.2 Å². The first-order valence-corrected chi connectivity index (χ1v) is 5.12. The maximum Gasteiger partial charge on any atom is 0.248 e. The van der Waals surface area contributed by atoms with Crippen LogP contribution < -0.4 is 5.73 Å². The van der Waals surface area contributed by atoms with Crippen LogP contribution in [0.25, 0.3) is 0 Å². The molecule has 0 spiro atoms. The Kier molecular flexibility index (Phi) is 3.00. The monoisotopic (exact) mass is 215 g/mol. The van der Waals surface area contributed by atoms with E-state index < -0.39 is 0 Å². The van der Waals surface area contributed by atoms with Crippen molar-refractivity contribution in [2.24, 2.45) is 5.73 Å². The van der Waals surface area contributed by atoms with Crippen LogP contribution in [0.15, 0.2) is 36.8 Å². The standard InChI is InChI=1S/C12H13N3O/c13-12(16)11-4-2-1-3-9(11)5-6-10-7-14-8-15-10/h1-4,7-8H,5-6H2,(H2,13,16)(H,14,15). The van der Waals surface area contributed by atoms with E-state index in [0.29, 0.717) is 5.56 Å². The molecule has 0 unspecified atom stereocenters. The highest BCUT2D eigenvalue weighted by atomic mass is 16.1. The minimum absolute atomic E-state index is 0.375. The molecule has 0 radical (unpaired) electrons. The van der Waals surface area contributed by atoms with E-state index in [1.54, 1.807) is 18.6 Å². The summed E-state index contributed by atoms with van der Waals surface area (Å²) in [5.41, 5.74) is 7.93. The van der Waals surface area contributed by atoms with Crippen molar-refractivity contribution in [1.29, 1.82) is 0 Å². The molecule has 1 amide bonds. The lowest BCUT2D eigenvalue weighted by Gasteiger charge is -2.05. The van der Waals surface area contributed by atoms with Crippen LogP contribution in [0.1, 0.15) is 21.6 Å². The summed E-state index contributed by atoms with van der Waals surface area (Å²) in [6.45, 7) is 0. The number of nitrogens with one attached hydrogen (secondary N) is 1. The van der Waals surface area contributed by atoms with Gasteiger partial charge in [-0.3, -0.25) is 4.79 Å². The Labute approximate surface area is 93.5 Å². The predicted octanol–water partition coefficient (Wildman–Crippen LogP) is 1.29. The number of carbonyl (C=O) groups is 1. The van der Waals surface area contributed by atoms with Crippen LogP contribution in [0.5, 0.6) is 0 Å². The largest absolute Gasteiger partial charge is 0.366 e. The van der Waals surface area contributed by atoms with Gasteiger partial charge in [0.25, 0.3) is 0 Å². The van der Waals surface area contributed by atoms with Crippen LogP contribution in [0, 0.1) is 0 Å². The first kappa shape index (κ1) is 10.4. The van der Waals surface area contributed by atoms with Crippen molar-refractivity contribution in [3.8, 4) is 0 Å². The number of amides is 1. The summed E-state index contributed by atoms with van der Waals surface area (Å²) in [7, 11) is 0. The lowest BCUT2D eigenvalue weighted by atomic mass is 10.0. The lowest BCUT2D eigenvalue weighted by molar-refractivity contribution is 0.0999. The number of nitrogens with two attached hydrogens (primary N) is 1. The van der Waals surface area contributed by atoms with E-state index in [1.165, 1.54) is 0 Å². The number of hydrogen-bond acceptors (Lipinski definition) is 2. The predicted molar refractivity (Wildman–Crippen MR) is 61.0 cm³/mol. The van der Waals surface area contributed by atoms with Gasteiger partial charge in [-0.05, 0) is 24.5 Å². The number of primary amides is 1. The van der Waals surface area contributed by atoms with Crippen LogP contribution in [-0.2, 0) is 12.8 Å². The molecule has 0 saturated carbocycles. The Bertz CT molecular complexity index is 477. The molecule has 2 aromatic rings. The van der Waals surface area contributed by atoms with E-state index >= 15 is 0 Å². The molecule has 1 heterocycles. The Morgan fingerprint density at radius 2 is 2.12 bits per heavy atom. The average Bonchev–Trinajstić information content (AvgIpc) is 2.79. The summed E-state index contributed by atoms with van der Waals surface area (Å²) in [5, 5.41) is 0. The molecule has 0 bridgehead atoms. The lowest BCUT2D eigenvalue weighted by Crippen LogP contribution is -2.13. The smallest absolute Gasteiger partial charge is 0.248 e. The SMILES string of the molecule is NC(=O)c1ccccc1CCc1cnc[nH]1. The third-order valence-electron chi connectivity index (χ3n) is 2.50. The van der Waals surface area contributed by atoms with Crippen LogP contribution in [0.4, 0.5) is 0 Å². The van der Waals surface area contributed by atoms with Crippen molar-refractivity contribution >= 4 is 5.91 Å². The molecule has 3 N–H and O–H groups in total. The van der Waals surface area contributed by atoms with Gasteiger partial charge in [0.15, 0.2) is 0 Å². The molecular formula is C12H13N3O. The van der Waals surface area contributed by atoms with Crippen LogP contribution in [0.3, 0.4) is 0 Å². The summed E-state index contributed by atoms with van der Waals surface area (Å²) >= 11 is 0. The number of imidazole rings is 1. The van der Waals surface area contributed by atoms with Crippen molar-refractivity contribution < 1.29 is 4.79 Å². The van der Waals surface area contributed by atoms with Gasteiger partial charge in [-0.1, -0.05) is 18.2 Å². The van der Waals surface area contributed by atoms with Gasteiger partial charge in [-0.15, -0.1) is 0 Å². The number of nitrogens with zero attached hydrogens (tertiary/aromatic N) is 1. The number of aromatic amines is 1. The Morgan fingerprint density at radius 1 is 1.31 bits per heavy atom. The average molecular weight is 215 g/mol. The number of aromatic nitrogens is 2. The van der Waals surface area contributed by atoms with Crippen molar-refractivity contribution in [2.45, 2.75) is 12.8 Å². The van der Waals surface area contributed by atoms with Gasteiger partial charge in [0.05, 0.1) is 6.33 Å². The summed E-state index contributed by atoms with van der Waals surface area (Å²) in [6, 6.07) is 7.41. The Balaban J connectivity index is 2.12. The van der Waals surface area contributed by atoms with E-state index in [9.17, 15) is 4.79 Å². The zero-order valence-electron chi connectivity index (χ0n) is 8.81. The van der Waals surface area contributed by atoms with Gasteiger partial charge >= 0.3 is 0 Å². The molecule has 0 aliphatic carbocycles. The molecule has 0 saturated heterocycles. The number of benzene rings is 1. The minimum atomic E-state index is -0.375. The molecule has 16 heavy (non-hydrogen) atoms. The fraction of sp³-hybridized carbons (Fsp3) is 0.167. The molecule has 82 valence electrons. The second-order valence-electron chi connectivity index (χ2n) is 3.60. The molecule has 4 nitrogen and oxygen atoms in total. The fourth-order valence-corrected chi connectivity index (χ4v) is 1.67. The second-order valence-corrected chi connectivity index (χ2v) is 3.60. The molecule has 4 heteroatoms. The number of carbonyl (C=O) groups excluding carboxylic acids is 1. The zero-order chi connectivity index (χ0) is 11.4. The molecule has 2 rings (SSSR count). The number of H-pyrrole nitrogens is 1. The van der Waals surface area contributed by atoms with E-state index in [-0.39, 0.29) is 5.91 Å². The Hall–Kier alpha value is -2.10. The van der Waals surface area contributed by atoms with Crippen molar-refractivity contribution in [3.63, 3.8) is 0 Å². The van der Waals surface area contributed by atoms with Gasteiger partial charge in [0.2, 0.25) is 5.91 Å². The van der Waals surface area contributed by atoms with Gasteiger partial charge in [-0.25, -0.2) is 4.98 Å². The third-order valence-corrected chi connectivity index (χ3v) is 2.50. The van der Waals surface area contributed by atoms with E-state index in [0.717, 1.165) is 24.1 Å². The summed E-state index contributed by atoms with van der Waals surface area (Å²) in [5.74, 6) is -0.375. The maximum absolute atomic E-state index is 11.2. The molecule has 1 aromatic heterocycles. The van der Waals surface area contributed by atoms with E-state index in [4.69, 9.17) is 5.73 Å². The quantitative estimate of drug-likeness (QED) is 0.806.